The van der Waals surface area contributed by atoms with Crippen LogP contribution in [-0.4, -0.2) is 23.2 Å². The molecule has 2 rings (SSSR count). The number of anilines is 1. The number of rotatable bonds is 7. The van der Waals surface area contributed by atoms with E-state index in [0.29, 0.717) is 25.6 Å². The number of aromatic nitrogens is 2. The maximum absolute atomic E-state index is 5.50. The van der Waals surface area contributed by atoms with Gasteiger partial charge in [-0.05, 0) is 38.5 Å². The maximum Gasteiger partial charge on any atom is 0.221 e. The van der Waals surface area contributed by atoms with Gasteiger partial charge < -0.3 is 14.8 Å². The Labute approximate surface area is 125 Å². The van der Waals surface area contributed by atoms with Crippen molar-refractivity contribution in [2.24, 2.45) is 0 Å². The summed E-state index contributed by atoms with van der Waals surface area (Å²) in [6.45, 7) is 7.79. The molecule has 0 bridgehead atoms. The normalized spacial score (nSPS) is 10.2. The SMILES string of the molecule is CCOc1cccc(CNc2ncnc(OCC)c2C)c1. The third kappa shape index (κ3) is 4.08. The highest BCUT2D eigenvalue weighted by atomic mass is 16.5. The monoisotopic (exact) mass is 287 g/mol. The molecule has 0 aliphatic heterocycles. The minimum Gasteiger partial charge on any atom is -0.494 e. The average molecular weight is 287 g/mol. The third-order valence-electron chi connectivity index (χ3n) is 2.99. The Morgan fingerprint density at radius 3 is 2.67 bits per heavy atom. The van der Waals surface area contributed by atoms with Gasteiger partial charge in [-0.2, -0.15) is 0 Å². The number of nitrogens with zero attached hydrogens (tertiary/aromatic N) is 2. The minimum absolute atomic E-state index is 0.591. The first-order chi connectivity index (χ1) is 10.2. The molecule has 0 saturated heterocycles. The zero-order valence-corrected chi connectivity index (χ0v) is 12.7. The number of nitrogens with one attached hydrogen (secondary N) is 1. The van der Waals surface area contributed by atoms with Crippen LogP contribution < -0.4 is 14.8 Å². The van der Waals surface area contributed by atoms with E-state index in [2.05, 4.69) is 21.4 Å². The maximum atomic E-state index is 5.50. The van der Waals surface area contributed by atoms with Crippen molar-refractivity contribution in [3.63, 3.8) is 0 Å². The molecule has 0 radical (unpaired) electrons. The van der Waals surface area contributed by atoms with Crippen LogP contribution in [0.3, 0.4) is 0 Å². The van der Waals surface area contributed by atoms with Gasteiger partial charge in [0.25, 0.3) is 0 Å². The van der Waals surface area contributed by atoms with Crippen LogP contribution in [0, 0.1) is 6.92 Å². The van der Waals surface area contributed by atoms with E-state index in [0.717, 1.165) is 22.7 Å². The lowest BCUT2D eigenvalue weighted by atomic mass is 10.2. The second-order valence-electron chi connectivity index (χ2n) is 4.52. The van der Waals surface area contributed by atoms with Crippen molar-refractivity contribution in [3.8, 4) is 11.6 Å². The van der Waals surface area contributed by atoms with Crippen LogP contribution in [0.4, 0.5) is 5.82 Å². The Kier molecular flexibility index (Phi) is 5.37. The predicted octanol–water partition coefficient (Wildman–Crippen LogP) is 3.19. The summed E-state index contributed by atoms with van der Waals surface area (Å²) in [5, 5.41) is 3.31. The highest BCUT2D eigenvalue weighted by Gasteiger charge is 2.07. The van der Waals surface area contributed by atoms with Crippen molar-refractivity contribution in [1.29, 1.82) is 0 Å². The summed E-state index contributed by atoms with van der Waals surface area (Å²) in [5.74, 6) is 2.29. The van der Waals surface area contributed by atoms with Gasteiger partial charge in [0, 0.05) is 6.54 Å². The molecule has 0 amide bonds. The van der Waals surface area contributed by atoms with E-state index in [9.17, 15) is 0 Å². The Morgan fingerprint density at radius 2 is 1.90 bits per heavy atom. The van der Waals surface area contributed by atoms with Crippen LogP contribution in [0.2, 0.25) is 0 Å². The molecule has 5 nitrogen and oxygen atoms in total. The fourth-order valence-electron chi connectivity index (χ4n) is 1.99. The van der Waals surface area contributed by atoms with E-state index in [1.165, 1.54) is 6.33 Å². The molecule has 0 atom stereocenters. The van der Waals surface area contributed by atoms with Crippen molar-refractivity contribution in [1.82, 2.24) is 9.97 Å². The molecule has 2 aromatic rings. The summed E-state index contributed by atoms with van der Waals surface area (Å²) in [6.07, 6.45) is 1.51. The average Bonchev–Trinajstić information content (AvgIpc) is 2.49. The molecule has 1 aromatic heterocycles. The fourth-order valence-corrected chi connectivity index (χ4v) is 1.99. The summed E-state index contributed by atoms with van der Waals surface area (Å²) in [4.78, 5) is 8.39. The lowest BCUT2D eigenvalue weighted by Crippen LogP contribution is -2.06. The summed E-state index contributed by atoms with van der Waals surface area (Å²) >= 11 is 0. The highest BCUT2D eigenvalue weighted by molar-refractivity contribution is 5.48. The van der Waals surface area contributed by atoms with Gasteiger partial charge in [0.1, 0.15) is 17.9 Å². The molecule has 0 unspecified atom stereocenters. The second-order valence-corrected chi connectivity index (χ2v) is 4.52. The van der Waals surface area contributed by atoms with Gasteiger partial charge in [0.2, 0.25) is 5.88 Å². The highest BCUT2D eigenvalue weighted by Crippen LogP contribution is 2.21. The molecule has 1 aromatic carbocycles. The molecule has 112 valence electrons. The summed E-state index contributed by atoms with van der Waals surface area (Å²) in [5.41, 5.74) is 2.05. The molecular formula is C16H21N3O2. The number of hydrogen-bond donors (Lipinski definition) is 1. The van der Waals surface area contributed by atoms with Crippen LogP contribution in [0.5, 0.6) is 11.6 Å². The van der Waals surface area contributed by atoms with Crippen LogP contribution in [-0.2, 0) is 6.54 Å². The van der Waals surface area contributed by atoms with Crippen molar-refractivity contribution < 1.29 is 9.47 Å². The Balaban J connectivity index is 2.06. The number of ether oxygens (including phenoxy) is 2. The zero-order chi connectivity index (χ0) is 15.1. The molecule has 21 heavy (non-hydrogen) atoms. The molecule has 1 heterocycles. The largest absolute Gasteiger partial charge is 0.494 e. The van der Waals surface area contributed by atoms with E-state index in [1.807, 2.05) is 39.0 Å². The first-order valence-corrected chi connectivity index (χ1v) is 7.14. The van der Waals surface area contributed by atoms with E-state index in [4.69, 9.17) is 9.47 Å². The standard InChI is InChI=1S/C16H21N3O2/c1-4-20-14-8-6-7-13(9-14)10-17-15-12(3)16(21-5-2)19-11-18-15/h6-9,11H,4-5,10H2,1-3H3,(H,17,18,19). The van der Waals surface area contributed by atoms with E-state index in [1.54, 1.807) is 0 Å². The summed E-state index contributed by atoms with van der Waals surface area (Å²) in [6, 6.07) is 8.02. The number of hydrogen-bond acceptors (Lipinski definition) is 5. The number of benzene rings is 1. The topological polar surface area (TPSA) is 56.3 Å². The zero-order valence-electron chi connectivity index (χ0n) is 12.7. The Bertz CT molecular complexity index is 587. The predicted molar refractivity (Wildman–Crippen MR) is 82.9 cm³/mol. The van der Waals surface area contributed by atoms with Gasteiger partial charge in [0.05, 0.1) is 18.8 Å². The lowest BCUT2D eigenvalue weighted by Gasteiger charge is -2.12. The summed E-state index contributed by atoms with van der Waals surface area (Å²) in [7, 11) is 0. The van der Waals surface area contributed by atoms with Crippen LogP contribution in [0.1, 0.15) is 25.0 Å². The molecular weight excluding hydrogens is 266 g/mol. The third-order valence-corrected chi connectivity index (χ3v) is 2.99. The molecule has 0 spiro atoms. The van der Waals surface area contributed by atoms with Crippen LogP contribution in [0.25, 0.3) is 0 Å². The van der Waals surface area contributed by atoms with Gasteiger partial charge in [-0.3, -0.25) is 0 Å². The minimum atomic E-state index is 0.591. The van der Waals surface area contributed by atoms with Crippen LogP contribution in [0.15, 0.2) is 30.6 Å². The molecule has 0 aliphatic carbocycles. The van der Waals surface area contributed by atoms with Gasteiger partial charge in [0.15, 0.2) is 0 Å². The van der Waals surface area contributed by atoms with Crippen LogP contribution >= 0.6 is 0 Å². The molecule has 0 saturated carbocycles. The molecule has 5 heteroatoms. The molecule has 1 N–H and O–H groups in total. The van der Waals surface area contributed by atoms with Gasteiger partial charge in [-0.15, -0.1) is 0 Å². The Morgan fingerprint density at radius 1 is 1.10 bits per heavy atom. The molecule has 0 aliphatic rings. The smallest absolute Gasteiger partial charge is 0.221 e. The van der Waals surface area contributed by atoms with Gasteiger partial charge in [-0.1, -0.05) is 12.1 Å². The van der Waals surface area contributed by atoms with Crippen molar-refractivity contribution in [3.05, 3.63) is 41.7 Å². The van der Waals surface area contributed by atoms with Crippen molar-refractivity contribution >= 4 is 5.82 Å². The lowest BCUT2D eigenvalue weighted by molar-refractivity contribution is 0.324. The quantitative estimate of drug-likeness (QED) is 0.847. The molecule has 0 fully saturated rings. The Hall–Kier alpha value is -2.30. The van der Waals surface area contributed by atoms with Crippen molar-refractivity contribution in [2.45, 2.75) is 27.3 Å². The van der Waals surface area contributed by atoms with Gasteiger partial charge in [-0.25, -0.2) is 9.97 Å². The van der Waals surface area contributed by atoms with E-state index in [-0.39, 0.29) is 0 Å². The van der Waals surface area contributed by atoms with Gasteiger partial charge >= 0.3 is 0 Å². The second kappa shape index (κ2) is 7.47. The van der Waals surface area contributed by atoms with E-state index < -0.39 is 0 Å². The fraction of sp³-hybridized carbons (Fsp3) is 0.375. The first-order valence-electron chi connectivity index (χ1n) is 7.14. The summed E-state index contributed by atoms with van der Waals surface area (Å²) < 4.78 is 11.0. The van der Waals surface area contributed by atoms with Crippen molar-refractivity contribution in [2.75, 3.05) is 18.5 Å². The van der Waals surface area contributed by atoms with E-state index >= 15 is 0 Å². The first kappa shape index (κ1) is 15.1.